The average molecular weight is 537 g/mol. The third-order valence-corrected chi connectivity index (χ3v) is 5.16. The van der Waals surface area contributed by atoms with E-state index in [2.05, 4.69) is 21.0 Å². The van der Waals surface area contributed by atoms with Crippen LogP contribution in [-0.4, -0.2) is 54.4 Å². The molecule has 182 valence electrons. The SMILES string of the molecule is CCOCC(O)Cn1nc(OCc2ccccc2/C(=C\OC)C(=O)OC)c(C(F)(F)F)c1Br. The summed E-state index contributed by atoms with van der Waals surface area (Å²) in [5.41, 5.74) is -0.281. The van der Waals surface area contributed by atoms with E-state index in [0.717, 1.165) is 4.68 Å². The topological polar surface area (TPSA) is 92.0 Å². The minimum atomic E-state index is -4.77. The Labute approximate surface area is 197 Å². The number of nitrogens with zero attached hydrogens (tertiary/aromatic N) is 2. The highest BCUT2D eigenvalue weighted by Gasteiger charge is 2.41. The Bertz CT molecular complexity index is 977. The second kappa shape index (κ2) is 12.1. The minimum Gasteiger partial charge on any atom is -0.503 e. The summed E-state index contributed by atoms with van der Waals surface area (Å²) >= 11 is 2.91. The zero-order valence-electron chi connectivity index (χ0n) is 18.2. The highest BCUT2D eigenvalue weighted by atomic mass is 79.9. The van der Waals surface area contributed by atoms with Crippen LogP contribution in [0.3, 0.4) is 0 Å². The standard InChI is InChI=1S/C21H24BrF3N2O6/c1-4-32-11-14(28)9-27-18(22)17(21(23,24)25)19(26-27)33-10-13-7-5-6-8-15(13)16(12-30-2)20(29)31-3/h5-8,12,14,28H,4,9-11H2,1-3H3/b16-12+. The maximum atomic E-state index is 13.7. The summed E-state index contributed by atoms with van der Waals surface area (Å²) < 4.78 is 61.9. The summed E-state index contributed by atoms with van der Waals surface area (Å²) in [6.07, 6.45) is -4.67. The normalized spacial score (nSPS) is 13.0. The van der Waals surface area contributed by atoms with Crippen LogP contribution in [0, 0.1) is 0 Å². The van der Waals surface area contributed by atoms with Gasteiger partial charge in [-0.1, -0.05) is 24.3 Å². The summed E-state index contributed by atoms with van der Waals surface area (Å²) in [6.45, 7) is 1.45. The van der Waals surface area contributed by atoms with Crippen LogP contribution in [0.2, 0.25) is 0 Å². The van der Waals surface area contributed by atoms with E-state index in [9.17, 15) is 23.1 Å². The lowest BCUT2D eigenvalue weighted by atomic mass is 10.0. The Hall–Kier alpha value is -2.57. The molecule has 1 aromatic carbocycles. The van der Waals surface area contributed by atoms with Crippen LogP contribution in [0.15, 0.2) is 35.1 Å². The van der Waals surface area contributed by atoms with E-state index >= 15 is 0 Å². The second-order valence-electron chi connectivity index (χ2n) is 6.67. The molecule has 1 aromatic heterocycles. The van der Waals surface area contributed by atoms with Gasteiger partial charge in [0.2, 0.25) is 5.88 Å². The van der Waals surface area contributed by atoms with Gasteiger partial charge in [0.15, 0.2) is 5.56 Å². The van der Waals surface area contributed by atoms with Crippen molar-refractivity contribution in [1.82, 2.24) is 9.78 Å². The molecule has 0 saturated carbocycles. The van der Waals surface area contributed by atoms with Crippen molar-refractivity contribution in [2.45, 2.75) is 32.4 Å². The van der Waals surface area contributed by atoms with E-state index in [0.29, 0.717) is 17.7 Å². The number of hydrogen-bond donors (Lipinski definition) is 1. The first kappa shape index (κ1) is 26.7. The maximum absolute atomic E-state index is 13.7. The van der Waals surface area contributed by atoms with E-state index < -0.39 is 29.7 Å². The van der Waals surface area contributed by atoms with Gasteiger partial charge < -0.3 is 24.1 Å². The van der Waals surface area contributed by atoms with E-state index in [1.165, 1.54) is 20.5 Å². The van der Waals surface area contributed by atoms with E-state index in [1.807, 2.05) is 0 Å². The first-order valence-electron chi connectivity index (χ1n) is 9.75. The van der Waals surface area contributed by atoms with Crippen LogP contribution >= 0.6 is 15.9 Å². The number of rotatable bonds is 11. The van der Waals surface area contributed by atoms with Gasteiger partial charge in [-0.3, -0.25) is 4.68 Å². The molecule has 0 spiro atoms. The van der Waals surface area contributed by atoms with Gasteiger partial charge in [-0.2, -0.15) is 13.2 Å². The number of halogens is 4. The highest BCUT2D eigenvalue weighted by molar-refractivity contribution is 9.10. The number of hydrogen-bond acceptors (Lipinski definition) is 7. The number of benzene rings is 1. The third-order valence-electron chi connectivity index (χ3n) is 4.35. The smallest absolute Gasteiger partial charge is 0.424 e. The molecular formula is C21H24BrF3N2O6. The number of alkyl halides is 3. The average Bonchev–Trinajstić information content (AvgIpc) is 3.09. The lowest BCUT2D eigenvalue weighted by Crippen LogP contribution is -2.23. The fourth-order valence-electron chi connectivity index (χ4n) is 2.89. The lowest BCUT2D eigenvalue weighted by molar-refractivity contribution is -0.139. The number of ether oxygens (including phenoxy) is 4. The second-order valence-corrected chi connectivity index (χ2v) is 7.42. The van der Waals surface area contributed by atoms with Gasteiger partial charge in [0.05, 0.1) is 39.7 Å². The van der Waals surface area contributed by atoms with Crippen LogP contribution in [0.4, 0.5) is 13.2 Å². The largest absolute Gasteiger partial charge is 0.503 e. The predicted molar refractivity (Wildman–Crippen MR) is 115 cm³/mol. The molecule has 33 heavy (non-hydrogen) atoms. The summed E-state index contributed by atoms with van der Waals surface area (Å²) in [7, 11) is 2.55. The lowest BCUT2D eigenvalue weighted by Gasteiger charge is -2.13. The molecule has 8 nitrogen and oxygen atoms in total. The first-order valence-corrected chi connectivity index (χ1v) is 10.5. The molecule has 1 heterocycles. The fourth-order valence-corrected chi connectivity index (χ4v) is 3.51. The van der Waals surface area contributed by atoms with Crippen molar-refractivity contribution in [3.63, 3.8) is 0 Å². The Morgan fingerprint density at radius 3 is 2.61 bits per heavy atom. The number of carbonyl (C=O) groups excluding carboxylic acids is 1. The number of esters is 1. The molecule has 0 radical (unpaired) electrons. The van der Waals surface area contributed by atoms with Crippen molar-refractivity contribution >= 4 is 27.5 Å². The number of methoxy groups -OCH3 is 2. The van der Waals surface area contributed by atoms with Crippen LogP contribution in [0.25, 0.3) is 5.57 Å². The summed E-state index contributed by atoms with van der Waals surface area (Å²) in [5.74, 6) is -1.36. The Balaban J connectivity index is 2.36. The number of aliphatic hydroxyl groups is 1. The van der Waals surface area contributed by atoms with Crippen molar-refractivity contribution < 1.29 is 42.0 Å². The summed E-state index contributed by atoms with van der Waals surface area (Å²) in [5, 5.41) is 13.9. The molecule has 0 fully saturated rings. The van der Waals surface area contributed by atoms with Gasteiger partial charge in [0.1, 0.15) is 16.8 Å². The Morgan fingerprint density at radius 1 is 1.30 bits per heavy atom. The molecule has 2 rings (SSSR count). The van der Waals surface area contributed by atoms with Crippen molar-refractivity contribution in [3.05, 3.63) is 51.8 Å². The Kier molecular flexibility index (Phi) is 9.74. The van der Waals surface area contributed by atoms with E-state index in [1.54, 1.807) is 31.2 Å². The van der Waals surface area contributed by atoms with Crippen molar-refractivity contribution in [3.8, 4) is 5.88 Å². The maximum Gasteiger partial charge on any atom is 0.424 e. The molecule has 0 aliphatic rings. The molecule has 0 saturated heterocycles. The monoisotopic (exact) mass is 536 g/mol. The predicted octanol–water partition coefficient (Wildman–Crippen LogP) is 3.80. The first-order chi connectivity index (χ1) is 15.6. The molecule has 1 N–H and O–H groups in total. The zero-order chi connectivity index (χ0) is 24.6. The van der Waals surface area contributed by atoms with Crippen molar-refractivity contribution in [1.29, 1.82) is 0 Å². The molecule has 1 atom stereocenters. The highest BCUT2D eigenvalue weighted by Crippen LogP contribution is 2.41. The Morgan fingerprint density at radius 2 is 2.00 bits per heavy atom. The molecular weight excluding hydrogens is 513 g/mol. The summed E-state index contributed by atoms with van der Waals surface area (Å²) in [4.78, 5) is 12.1. The molecule has 0 aliphatic heterocycles. The quantitative estimate of drug-likeness (QED) is 0.265. The van der Waals surface area contributed by atoms with Gasteiger partial charge in [0.25, 0.3) is 0 Å². The number of aromatic nitrogens is 2. The zero-order valence-corrected chi connectivity index (χ0v) is 19.8. The number of aliphatic hydroxyl groups excluding tert-OH is 1. The molecule has 2 aromatic rings. The molecule has 0 aliphatic carbocycles. The fraction of sp³-hybridized carbons (Fsp3) is 0.429. The van der Waals surface area contributed by atoms with E-state index in [4.69, 9.17) is 18.9 Å². The number of carbonyl (C=O) groups is 1. The van der Waals surface area contributed by atoms with Gasteiger partial charge in [-0.15, -0.1) is 5.10 Å². The molecule has 0 amide bonds. The molecule has 0 bridgehead atoms. The third kappa shape index (κ3) is 6.95. The summed E-state index contributed by atoms with van der Waals surface area (Å²) in [6, 6.07) is 6.47. The van der Waals surface area contributed by atoms with Crippen LogP contribution < -0.4 is 4.74 Å². The molecule has 1 unspecified atom stereocenters. The van der Waals surface area contributed by atoms with Crippen molar-refractivity contribution in [2.75, 3.05) is 27.4 Å². The van der Waals surface area contributed by atoms with Gasteiger partial charge in [-0.05, 0) is 34.0 Å². The molecule has 12 heteroatoms. The minimum absolute atomic E-state index is 0.0597. The van der Waals surface area contributed by atoms with Gasteiger partial charge in [-0.25, -0.2) is 4.79 Å². The van der Waals surface area contributed by atoms with Gasteiger partial charge in [0, 0.05) is 6.61 Å². The van der Waals surface area contributed by atoms with Crippen LogP contribution in [-0.2, 0) is 38.3 Å². The van der Waals surface area contributed by atoms with Gasteiger partial charge >= 0.3 is 12.1 Å². The van der Waals surface area contributed by atoms with Crippen LogP contribution in [0.5, 0.6) is 5.88 Å². The van der Waals surface area contributed by atoms with Crippen molar-refractivity contribution in [2.24, 2.45) is 0 Å². The van der Waals surface area contributed by atoms with E-state index in [-0.39, 0.29) is 29.9 Å². The van der Waals surface area contributed by atoms with Crippen LogP contribution in [0.1, 0.15) is 23.6 Å².